The highest BCUT2D eigenvalue weighted by molar-refractivity contribution is 6.00. The zero-order chi connectivity index (χ0) is 23.4. The van der Waals surface area contributed by atoms with Crippen LogP contribution in [0.4, 0.5) is 10.5 Å². The Labute approximate surface area is 191 Å². The summed E-state index contributed by atoms with van der Waals surface area (Å²) in [5.74, 6) is -1.88. The molecule has 3 aromatic rings. The predicted octanol–water partition coefficient (Wildman–Crippen LogP) is 4.03. The van der Waals surface area contributed by atoms with Gasteiger partial charge in [-0.1, -0.05) is 66.7 Å². The van der Waals surface area contributed by atoms with Crippen molar-refractivity contribution in [3.63, 3.8) is 0 Å². The zero-order valence-corrected chi connectivity index (χ0v) is 18.1. The number of benzene rings is 3. The fourth-order valence-electron chi connectivity index (χ4n) is 4.17. The third-order valence-electron chi connectivity index (χ3n) is 5.79. The molecule has 1 atom stereocenters. The van der Waals surface area contributed by atoms with Crippen LogP contribution in [0.1, 0.15) is 23.5 Å². The smallest absolute Gasteiger partial charge is 0.407 e. The summed E-state index contributed by atoms with van der Waals surface area (Å²) in [5.41, 5.74) is 4.92. The number of carbonyl (C=O) groups is 3. The summed E-state index contributed by atoms with van der Waals surface area (Å²) in [7, 11) is 1.53. The number of hydrogen-bond donors (Lipinski definition) is 2. The molecule has 1 aliphatic rings. The van der Waals surface area contributed by atoms with Gasteiger partial charge in [-0.25, -0.2) is 4.79 Å². The first kappa shape index (κ1) is 22.1. The van der Waals surface area contributed by atoms with Crippen molar-refractivity contribution < 1.29 is 24.2 Å². The van der Waals surface area contributed by atoms with Gasteiger partial charge in [0.15, 0.2) is 0 Å². The van der Waals surface area contributed by atoms with Gasteiger partial charge >= 0.3 is 12.1 Å². The van der Waals surface area contributed by atoms with E-state index in [4.69, 9.17) is 4.74 Å². The van der Waals surface area contributed by atoms with Crippen LogP contribution < -0.4 is 10.2 Å². The fourth-order valence-corrected chi connectivity index (χ4v) is 4.17. The minimum atomic E-state index is -1.26. The summed E-state index contributed by atoms with van der Waals surface area (Å²) in [6, 6.07) is 23.4. The third-order valence-corrected chi connectivity index (χ3v) is 5.79. The van der Waals surface area contributed by atoms with Crippen molar-refractivity contribution in [2.24, 2.45) is 0 Å². The Balaban J connectivity index is 1.45. The average molecular weight is 444 g/mol. The molecule has 0 radical (unpaired) electrons. The van der Waals surface area contributed by atoms with Gasteiger partial charge in [0.25, 0.3) is 0 Å². The molecule has 7 heteroatoms. The molecule has 0 heterocycles. The molecule has 0 saturated heterocycles. The van der Waals surface area contributed by atoms with Gasteiger partial charge in [0.05, 0.1) is 6.42 Å². The number of carboxylic acid groups (broad SMARTS) is 1. The molecule has 2 N–H and O–H groups in total. The number of hydrogen-bond acceptors (Lipinski definition) is 4. The van der Waals surface area contributed by atoms with Gasteiger partial charge in [0.2, 0.25) is 5.91 Å². The van der Waals surface area contributed by atoms with Crippen molar-refractivity contribution in [3.8, 4) is 11.1 Å². The van der Waals surface area contributed by atoms with Crippen molar-refractivity contribution in [2.45, 2.75) is 18.4 Å². The molecule has 7 nitrogen and oxygen atoms in total. The highest BCUT2D eigenvalue weighted by Crippen LogP contribution is 2.44. The average Bonchev–Trinajstić information content (AvgIpc) is 3.15. The maximum absolute atomic E-state index is 12.9. The van der Waals surface area contributed by atoms with E-state index in [1.165, 1.54) is 11.9 Å². The molecular weight excluding hydrogens is 420 g/mol. The van der Waals surface area contributed by atoms with Crippen LogP contribution in [0.2, 0.25) is 0 Å². The monoisotopic (exact) mass is 444 g/mol. The molecule has 4 rings (SSSR count). The van der Waals surface area contributed by atoms with Crippen LogP contribution in [-0.4, -0.2) is 42.8 Å². The number of aliphatic carboxylic acids is 1. The molecule has 1 aliphatic carbocycles. The number of fused-ring (bicyclic) bond motifs is 3. The molecule has 168 valence electrons. The van der Waals surface area contributed by atoms with E-state index in [0.29, 0.717) is 5.69 Å². The third kappa shape index (κ3) is 4.72. The Morgan fingerprint density at radius 2 is 1.45 bits per heavy atom. The van der Waals surface area contributed by atoms with Crippen LogP contribution in [0.15, 0.2) is 78.9 Å². The van der Waals surface area contributed by atoms with E-state index in [2.05, 4.69) is 5.32 Å². The fraction of sp³-hybridized carbons (Fsp3) is 0.192. The number of carboxylic acids is 1. The van der Waals surface area contributed by atoms with E-state index in [9.17, 15) is 19.5 Å². The van der Waals surface area contributed by atoms with Crippen molar-refractivity contribution in [3.05, 3.63) is 90.0 Å². The van der Waals surface area contributed by atoms with E-state index in [1.807, 2.05) is 54.6 Å². The summed E-state index contributed by atoms with van der Waals surface area (Å²) in [6.45, 7) is 0.0718. The van der Waals surface area contributed by atoms with Crippen molar-refractivity contribution in [2.75, 3.05) is 18.6 Å². The first-order valence-electron chi connectivity index (χ1n) is 10.6. The molecular formula is C26H24N2O5. The van der Waals surface area contributed by atoms with E-state index in [1.54, 1.807) is 24.3 Å². The Hall–Kier alpha value is -4.13. The Morgan fingerprint density at radius 1 is 0.909 bits per heavy atom. The molecule has 2 amide bonds. The number of para-hydroxylation sites is 1. The largest absolute Gasteiger partial charge is 0.481 e. The Kier molecular flexibility index (Phi) is 6.40. The van der Waals surface area contributed by atoms with E-state index in [0.717, 1.165) is 22.3 Å². The van der Waals surface area contributed by atoms with Crippen LogP contribution >= 0.6 is 0 Å². The number of anilines is 1. The van der Waals surface area contributed by atoms with Crippen molar-refractivity contribution >= 4 is 23.7 Å². The van der Waals surface area contributed by atoms with Crippen LogP contribution in [0.5, 0.6) is 0 Å². The molecule has 33 heavy (non-hydrogen) atoms. The summed E-state index contributed by atoms with van der Waals surface area (Å²) < 4.78 is 5.47. The van der Waals surface area contributed by atoms with Crippen molar-refractivity contribution in [1.82, 2.24) is 5.32 Å². The Morgan fingerprint density at radius 3 is 2.03 bits per heavy atom. The number of amides is 2. The van der Waals surface area contributed by atoms with Crippen molar-refractivity contribution in [1.29, 1.82) is 0 Å². The lowest BCUT2D eigenvalue weighted by Gasteiger charge is -2.24. The minimum Gasteiger partial charge on any atom is -0.481 e. The first-order valence-corrected chi connectivity index (χ1v) is 10.6. The number of carbonyl (C=O) groups excluding carboxylic acids is 2. The van der Waals surface area contributed by atoms with Gasteiger partial charge in [-0.05, 0) is 34.4 Å². The van der Waals surface area contributed by atoms with Gasteiger partial charge in [0, 0.05) is 18.7 Å². The quantitative estimate of drug-likeness (QED) is 0.574. The molecule has 3 aromatic carbocycles. The van der Waals surface area contributed by atoms with Gasteiger partial charge in [-0.2, -0.15) is 0 Å². The second-order valence-corrected chi connectivity index (χ2v) is 7.85. The summed E-state index contributed by atoms with van der Waals surface area (Å²) in [4.78, 5) is 38.1. The maximum atomic E-state index is 12.9. The molecule has 0 bridgehead atoms. The summed E-state index contributed by atoms with van der Waals surface area (Å²) in [6.07, 6.45) is -1.39. The number of likely N-dealkylation sites (N-methyl/N-ethyl adjacent to an activating group) is 1. The van der Waals surface area contributed by atoms with Gasteiger partial charge in [0.1, 0.15) is 12.6 Å². The van der Waals surface area contributed by atoms with Gasteiger partial charge in [-0.15, -0.1) is 0 Å². The number of rotatable bonds is 7. The van der Waals surface area contributed by atoms with E-state index in [-0.39, 0.29) is 12.5 Å². The topological polar surface area (TPSA) is 95.9 Å². The summed E-state index contributed by atoms with van der Waals surface area (Å²) in [5, 5.41) is 11.7. The van der Waals surface area contributed by atoms with E-state index >= 15 is 0 Å². The molecule has 0 fully saturated rings. The molecule has 0 aromatic heterocycles. The van der Waals surface area contributed by atoms with Crippen LogP contribution in [0.25, 0.3) is 11.1 Å². The molecule has 0 saturated carbocycles. The standard InChI is InChI=1S/C26H24N2O5/c1-28(17-9-3-2-4-10-17)25(31)23(15-24(29)30)27-26(32)33-16-22-20-13-7-5-11-18(20)19-12-6-8-14-21(19)22/h2-14,22-23H,15-16H2,1H3,(H,27,32)(H,29,30). The lowest BCUT2D eigenvalue weighted by atomic mass is 9.98. The van der Waals surface area contributed by atoms with Crippen LogP contribution in [0, 0.1) is 0 Å². The number of ether oxygens (including phenoxy) is 1. The van der Waals surface area contributed by atoms with E-state index < -0.39 is 30.4 Å². The zero-order valence-electron chi connectivity index (χ0n) is 18.1. The van der Waals surface area contributed by atoms with Gasteiger partial charge < -0.3 is 20.1 Å². The lowest BCUT2D eigenvalue weighted by Crippen LogP contribution is -2.48. The maximum Gasteiger partial charge on any atom is 0.407 e. The highest BCUT2D eigenvalue weighted by atomic mass is 16.5. The number of nitrogens with one attached hydrogen (secondary N) is 1. The second kappa shape index (κ2) is 9.56. The highest BCUT2D eigenvalue weighted by Gasteiger charge is 2.31. The van der Waals surface area contributed by atoms with Crippen LogP contribution in [-0.2, 0) is 14.3 Å². The summed E-state index contributed by atoms with van der Waals surface area (Å²) >= 11 is 0. The minimum absolute atomic E-state index is 0.0718. The van der Waals surface area contributed by atoms with Crippen LogP contribution in [0.3, 0.4) is 0 Å². The molecule has 0 aliphatic heterocycles. The molecule has 0 spiro atoms. The predicted molar refractivity (Wildman–Crippen MR) is 124 cm³/mol. The lowest BCUT2D eigenvalue weighted by molar-refractivity contribution is -0.139. The number of alkyl carbamates (subject to hydrolysis) is 1. The first-order chi connectivity index (χ1) is 16.0. The van der Waals surface area contributed by atoms with Gasteiger partial charge in [-0.3, -0.25) is 9.59 Å². The SMILES string of the molecule is CN(C(=O)C(CC(=O)O)NC(=O)OCC1c2ccccc2-c2ccccc21)c1ccccc1. The second-order valence-electron chi connectivity index (χ2n) is 7.85. The molecule has 1 unspecified atom stereocenters. The normalized spacial score (nSPS) is 12.9. The Bertz CT molecular complexity index is 1130. The number of nitrogens with zero attached hydrogens (tertiary/aromatic N) is 1.